The fourth-order valence-corrected chi connectivity index (χ4v) is 1.04. The summed E-state index contributed by atoms with van der Waals surface area (Å²) in [5, 5.41) is 0. The average Bonchev–Trinajstić information content (AvgIpc) is 2.08. The number of anilines is 2. The maximum atomic E-state index is 5.72. The van der Waals surface area contributed by atoms with E-state index in [0.717, 1.165) is 6.54 Å². The van der Waals surface area contributed by atoms with Crippen molar-refractivity contribution in [2.45, 2.75) is 0 Å². The minimum absolute atomic E-state index is 0.587. The van der Waals surface area contributed by atoms with E-state index in [1.165, 1.54) is 0 Å². The van der Waals surface area contributed by atoms with Crippen LogP contribution in [0.5, 0.6) is 5.75 Å². The minimum Gasteiger partial charge on any atom is -0.490 e. The Balaban J connectivity index is 2.51. The van der Waals surface area contributed by atoms with Crippen molar-refractivity contribution in [3.05, 3.63) is 18.2 Å². The van der Waals surface area contributed by atoms with E-state index in [1.54, 1.807) is 18.2 Å². The van der Waals surface area contributed by atoms with E-state index in [2.05, 4.69) is 0 Å². The van der Waals surface area contributed by atoms with Crippen LogP contribution in [0.2, 0.25) is 0 Å². The molecule has 1 rings (SSSR count). The smallest absolute Gasteiger partial charge is 0.142 e. The monoisotopic (exact) mass is 195 g/mol. The largest absolute Gasteiger partial charge is 0.490 e. The van der Waals surface area contributed by atoms with Crippen LogP contribution in [0.3, 0.4) is 0 Å². The summed E-state index contributed by atoms with van der Waals surface area (Å²) in [7, 11) is 3.99. The van der Waals surface area contributed by atoms with Crippen LogP contribution in [0, 0.1) is 0 Å². The number of likely N-dealkylation sites (N-methyl/N-ethyl adjacent to an activating group) is 1. The number of hydrogen-bond donors (Lipinski definition) is 2. The Bertz CT molecular complexity index is 299. The van der Waals surface area contributed by atoms with Crippen LogP contribution in [0.25, 0.3) is 0 Å². The van der Waals surface area contributed by atoms with Crippen molar-refractivity contribution in [2.75, 3.05) is 38.7 Å². The zero-order valence-electron chi connectivity index (χ0n) is 8.66. The number of rotatable bonds is 4. The van der Waals surface area contributed by atoms with Crippen LogP contribution >= 0.6 is 0 Å². The number of ether oxygens (including phenoxy) is 1. The normalized spacial score (nSPS) is 10.5. The molecular weight excluding hydrogens is 178 g/mol. The van der Waals surface area contributed by atoms with Crippen LogP contribution in [-0.4, -0.2) is 32.1 Å². The fraction of sp³-hybridized carbons (Fsp3) is 0.400. The number of benzene rings is 1. The molecule has 0 fully saturated rings. The van der Waals surface area contributed by atoms with Gasteiger partial charge in [-0.05, 0) is 32.3 Å². The van der Waals surface area contributed by atoms with Gasteiger partial charge < -0.3 is 21.1 Å². The second-order valence-electron chi connectivity index (χ2n) is 3.45. The van der Waals surface area contributed by atoms with E-state index in [-0.39, 0.29) is 0 Å². The summed E-state index contributed by atoms with van der Waals surface area (Å²) in [6.45, 7) is 1.49. The van der Waals surface area contributed by atoms with Gasteiger partial charge in [-0.2, -0.15) is 0 Å². The lowest BCUT2D eigenvalue weighted by Gasteiger charge is -2.12. The Morgan fingerprint density at radius 3 is 2.57 bits per heavy atom. The summed E-state index contributed by atoms with van der Waals surface area (Å²) in [6.07, 6.45) is 0. The van der Waals surface area contributed by atoms with Gasteiger partial charge in [-0.1, -0.05) is 0 Å². The lowest BCUT2D eigenvalue weighted by molar-refractivity contribution is 0.262. The minimum atomic E-state index is 0.587. The zero-order chi connectivity index (χ0) is 10.6. The molecule has 0 radical (unpaired) electrons. The molecule has 0 aliphatic heterocycles. The quantitative estimate of drug-likeness (QED) is 0.697. The SMILES string of the molecule is CN(C)CCOc1ccc(N)cc1N. The van der Waals surface area contributed by atoms with Gasteiger partial charge in [0.15, 0.2) is 0 Å². The van der Waals surface area contributed by atoms with E-state index in [0.29, 0.717) is 23.7 Å². The molecular formula is C10H17N3O. The van der Waals surface area contributed by atoms with Crippen molar-refractivity contribution >= 4 is 11.4 Å². The third-order valence-corrected chi connectivity index (χ3v) is 1.83. The van der Waals surface area contributed by atoms with Gasteiger partial charge in [0, 0.05) is 12.2 Å². The second kappa shape index (κ2) is 4.72. The highest BCUT2D eigenvalue weighted by molar-refractivity contribution is 5.60. The molecule has 0 atom stereocenters. The summed E-state index contributed by atoms with van der Waals surface area (Å²) < 4.78 is 5.48. The molecule has 0 aromatic heterocycles. The highest BCUT2D eigenvalue weighted by atomic mass is 16.5. The molecule has 0 amide bonds. The van der Waals surface area contributed by atoms with Crippen molar-refractivity contribution < 1.29 is 4.74 Å². The van der Waals surface area contributed by atoms with Crippen molar-refractivity contribution in [3.8, 4) is 5.75 Å². The fourth-order valence-electron chi connectivity index (χ4n) is 1.04. The number of nitrogens with two attached hydrogens (primary N) is 2. The van der Waals surface area contributed by atoms with E-state index < -0.39 is 0 Å². The van der Waals surface area contributed by atoms with Gasteiger partial charge in [0.1, 0.15) is 12.4 Å². The van der Waals surface area contributed by atoms with E-state index in [4.69, 9.17) is 16.2 Å². The Labute approximate surface area is 84.4 Å². The average molecular weight is 195 g/mol. The molecule has 0 aliphatic rings. The van der Waals surface area contributed by atoms with Gasteiger partial charge >= 0.3 is 0 Å². The Hall–Kier alpha value is -1.42. The molecule has 0 saturated carbocycles. The number of hydrogen-bond acceptors (Lipinski definition) is 4. The van der Waals surface area contributed by atoms with Gasteiger partial charge in [0.05, 0.1) is 5.69 Å². The number of nitrogen functional groups attached to an aromatic ring is 2. The predicted octanol–water partition coefficient (Wildman–Crippen LogP) is 0.791. The molecule has 0 heterocycles. The molecule has 0 bridgehead atoms. The first-order valence-corrected chi connectivity index (χ1v) is 4.52. The lowest BCUT2D eigenvalue weighted by atomic mass is 10.2. The zero-order valence-corrected chi connectivity index (χ0v) is 8.66. The topological polar surface area (TPSA) is 64.5 Å². The first kappa shape index (κ1) is 10.7. The summed E-state index contributed by atoms with van der Waals surface area (Å²) in [5.74, 6) is 0.695. The first-order chi connectivity index (χ1) is 6.59. The predicted molar refractivity (Wildman–Crippen MR) is 59.3 cm³/mol. The molecule has 14 heavy (non-hydrogen) atoms. The summed E-state index contributed by atoms with van der Waals surface area (Å²) in [6, 6.07) is 5.27. The Morgan fingerprint density at radius 1 is 1.29 bits per heavy atom. The molecule has 0 saturated heterocycles. The van der Waals surface area contributed by atoms with Crippen LogP contribution in [-0.2, 0) is 0 Å². The number of nitrogens with zero attached hydrogens (tertiary/aromatic N) is 1. The molecule has 78 valence electrons. The van der Waals surface area contributed by atoms with E-state index in [9.17, 15) is 0 Å². The van der Waals surface area contributed by atoms with Crippen molar-refractivity contribution in [1.82, 2.24) is 4.90 Å². The van der Waals surface area contributed by atoms with E-state index >= 15 is 0 Å². The molecule has 0 spiro atoms. The molecule has 4 heteroatoms. The highest BCUT2D eigenvalue weighted by Gasteiger charge is 2.00. The first-order valence-electron chi connectivity index (χ1n) is 4.52. The molecule has 4 nitrogen and oxygen atoms in total. The van der Waals surface area contributed by atoms with Crippen LogP contribution in [0.4, 0.5) is 11.4 Å². The summed E-state index contributed by atoms with van der Waals surface area (Å²) in [4.78, 5) is 2.05. The molecule has 1 aromatic rings. The maximum Gasteiger partial charge on any atom is 0.142 e. The maximum absolute atomic E-state index is 5.72. The van der Waals surface area contributed by atoms with Crippen molar-refractivity contribution in [3.63, 3.8) is 0 Å². The third kappa shape index (κ3) is 3.14. The Morgan fingerprint density at radius 2 is 2.00 bits per heavy atom. The van der Waals surface area contributed by atoms with Gasteiger partial charge in [0.25, 0.3) is 0 Å². The molecule has 0 aliphatic carbocycles. The standard InChI is InChI=1S/C10H17N3O/c1-13(2)5-6-14-10-4-3-8(11)7-9(10)12/h3-4,7H,5-6,11-12H2,1-2H3. The third-order valence-electron chi connectivity index (χ3n) is 1.83. The van der Waals surface area contributed by atoms with E-state index in [1.807, 2.05) is 19.0 Å². The van der Waals surface area contributed by atoms with Gasteiger partial charge in [0.2, 0.25) is 0 Å². The Kier molecular flexibility index (Phi) is 3.59. The molecule has 0 unspecified atom stereocenters. The van der Waals surface area contributed by atoms with Crippen LogP contribution in [0.15, 0.2) is 18.2 Å². The van der Waals surface area contributed by atoms with Gasteiger partial charge in [-0.25, -0.2) is 0 Å². The van der Waals surface area contributed by atoms with Crippen LogP contribution in [0.1, 0.15) is 0 Å². The summed E-state index contributed by atoms with van der Waals surface area (Å²) >= 11 is 0. The van der Waals surface area contributed by atoms with Crippen molar-refractivity contribution in [1.29, 1.82) is 0 Å². The van der Waals surface area contributed by atoms with Crippen LogP contribution < -0.4 is 16.2 Å². The molecule has 1 aromatic carbocycles. The summed E-state index contributed by atoms with van der Waals surface area (Å²) in [5.41, 5.74) is 12.5. The molecule has 4 N–H and O–H groups in total. The van der Waals surface area contributed by atoms with Gasteiger partial charge in [-0.15, -0.1) is 0 Å². The second-order valence-corrected chi connectivity index (χ2v) is 3.45. The van der Waals surface area contributed by atoms with Gasteiger partial charge in [-0.3, -0.25) is 0 Å². The highest BCUT2D eigenvalue weighted by Crippen LogP contribution is 2.23. The van der Waals surface area contributed by atoms with Crippen molar-refractivity contribution in [2.24, 2.45) is 0 Å². The lowest BCUT2D eigenvalue weighted by Crippen LogP contribution is -2.19.